The number of hydrogen-bond acceptors (Lipinski definition) is 1. The molecule has 3 aromatic carbocycles. The molecule has 0 aliphatic heterocycles. The van der Waals surface area contributed by atoms with Crippen LogP contribution in [0.5, 0.6) is 0 Å². The minimum absolute atomic E-state index is 0.0832. The fourth-order valence-corrected chi connectivity index (χ4v) is 4.53. The zero-order valence-electron chi connectivity index (χ0n) is 15.1. The van der Waals surface area contributed by atoms with E-state index in [2.05, 4.69) is 61.2 Å². The Bertz CT molecular complexity index is 1100. The summed E-state index contributed by atoms with van der Waals surface area (Å²) in [6.07, 6.45) is 3.55. The molecule has 130 valence electrons. The van der Waals surface area contributed by atoms with Crippen LogP contribution in [-0.2, 0) is 12.8 Å². The zero-order valence-corrected chi connectivity index (χ0v) is 15.1. The van der Waals surface area contributed by atoms with Gasteiger partial charge in [0.2, 0.25) is 0 Å². The second-order valence-electron chi connectivity index (χ2n) is 7.33. The topological polar surface area (TPSA) is 17.1 Å². The molecule has 0 spiro atoms. The first-order chi connectivity index (χ1) is 13.3. The van der Waals surface area contributed by atoms with E-state index in [1.165, 1.54) is 33.4 Å². The van der Waals surface area contributed by atoms with Crippen molar-refractivity contribution < 1.29 is 4.79 Å². The maximum atomic E-state index is 13.2. The number of ketones is 1. The van der Waals surface area contributed by atoms with E-state index in [0.29, 0.717) is 0 Å². The van der Waals surface area contributed by atoms with E-state index < -0.39 is 0 Å². The lowest BCUT2D eigenvalue weighted by Gasteiger charge is -2.15. The van der Waals surface area contributed by atoms with Gasteiger partial charge in [-0.15, -0.1) is 0 Å². The summed E-state index contributed by atoms with van der Waals surface area (Å²) in [6.45, 7) is 3.84. The average Bonchev–Trinajstić information content (AvgIpc) is 3.26. The Morgan fingerprint density at radius 3 is 2.19 bits per heavy atom. The molecule has 3 aromatic rings. The van der Waals surface area contributed by atoms with Gasteiger partial charge in [0.1, 0.15) is 0 Å². The van der Waals surface area contributed by atoms with Gasteiger partial charge >= 0.3 is 0 Å². The van der Waals surface area contributed by atoms with Crippen molar-refractivity contribution in [2.45, 2.75) is 12.8 Å². The highest BCUT2D eigenvalue weighted by atomic mass is 16.1. The highest BCUT2D eigenvalue weighted by molar-refractivity contribution is 6.13. The third kappa shape index (κ3) is 2.50. The van der Waals surface area contributed by atoms with Crippen LogP contribution in [0.4, 0.5) is 0 Å². The predicted octanol–water partition coefficient (Wildman–Crippen LogP) is 5.85. The van der Waals surface area contributed by atoms with E-state index in [9.17, 15) is 4.79 Å². The lowest BCUT2D eigenvalue weighted by atomic mass is 9.87. The SMILES string of the molecule is C=Cc1ccc(C2=C(C3Cc4ccccc4C3=O)c3ccccc3C2)cc1. The number of benzene rings is 3. The minimum atomic E-state index is -0.0832. The molecule has 27 heavy (non-hydrogen) atoms. The Morgan fingerprint density at radius 2 is 1.48 bits per heavy atom. The van der Waals surface area contributed by atoms with Crippen LogP contribution in [0.15, 0.2) is 79.4 Å². The highest BCUT2D eigenvalue weighted by Gasteiger charge is 2.37. The molecule has 2 aliphatic carbocycles. The molecule has 1 unspecified atom stereocenters. The largest absolute Gasteiger partial charge is 0.293 e. The van der Waals surface area contributed by atoms with Crippen LogP contribution < -0.4 is 0 Å². The quantitative estimate of drug-likeness (QED) is 0.580. The van der Waals surface area contributed by atoms with E-state index in [-0.39, 0.29) is 11.7 Å². The minimum Gasteiger partial charge on any atom is -0.293 e. The van der Waals surface area contributed by atoms with Crippen LogP contribution in [0.2, 0.25) is 0 Å². The highest BCUT2D eigenvalue weighted by Crippen LogP contribution is 2.46. The van der Waals surface area contributed by atoms with Crippen molar-refractivity contribution in [3.8, 4) is 0 Å². The van der Waals surface area contributed by atoms with Gasteiger partial charge in [-0.3, -0.25) is 4.79 Å². The number of allylic oxidation sites excluding steroid dienone is 2. The monoisotopic (exact) mass is 348 g/mol. The molecule has 0 N–H and O–H groups in total. The molecule has 0 radical (unpaired) electrons. The van der Waals surface area contributed by atoms with Gasteiger partial charge in [-0.05, 0) is 51.8 Å². The molecule has 1 heteroatoms. The molecule has 0 heterocycles. The molecule has 0 saturated heterocycles. The number of carbonyl (C=O) groups is 1. The molecular formula is C26H20O. The molecule has 1 atom stereocenters. The van der Waals surface area contributed by atoms with Gasteiger partial charge in [-0.1, -0.05) is 85.5 Å². The van der Waals surface area contributed by atoms with E-state index in [1.807, 2.05) is 24.3 Å². The molecule has 1 nitrogen and oxygen atoms in total. The smallest absolute Gasteiger partial charge is 0.170 e. The lowest BCUT2D eigenvalue weighted by Crippen LogP contribution is -2.11. The molecule has 0 saturated carbocycles. The van der Waals surface area contributed by atoms with Crippen LogP contribution in [0.3, 0.4) is 0 Å². The first-order valence-corrected chi connectivity index (χ1v) is 9.42. The number of fused-ring (bicyclic) bond motifs is 2. The second-order valence-corrected chi connectivity index (χ2v) is 7.33. The Hall–Kier alpha value is -3.19. The Balaban J connectivity index is 1.67. The van der Waals surface area contributed by atoms with Crippen LogP contribution in [0, 0.1) is 5.92 Å². The van der Waals surface area contributed by atoms with Crippen LogP contribution in [0.1, 0.15) is 38.2 Å². The van der Waals surface area contributed by atoms with E-state index >= 15 is 0 Å². The molecule has 0 fully saturated rings. The van der Waals surface area contributed by atoms with Gasteiger partial charge in [0.25, 0.3) is 0 Å². The molecule has 0 bridgehead atoms. The van der Waals surface area contributed by atoms with E-state index in [1.54, 1.807) is 0 Å². The summed E-state index contributed by atoms with van der Waals surface area (Å²) in [6, 6.07) is 25.1. The molecular weight excluding hydrogens is 328 g/mol. The van der Waals surface area contributed by atoms with Gasteiger partial charge < -0.3 is 0 Å². The van der Waals surface area contributed by atoms with Gasteiger partial charge in [0.05, 0.1) is 5.92 Å². The number of carbonyl (C=O) groups excluding carboxylic acids is 1. The average molecular weight is 348 g/mol. The van der Waals surface area contributed by atoms with Gasteiger partial charge in [-0.2, -0.15) is 0 Å². The summed E-state index contributed by atoms with van der Waals surface area (Å²) in [5.74, 6) is 0.178. The molecule has 2 aliphatic rings. The van der Waals surface area contributed by atoms with Gasteiger partial charge in [0.15, 0.2) is 5.78 Å². The first kappa shape index (κ1) is 16.0. The fraction of sp³-hybridized carbons (Fsp3) is 0.115. The maximum Gasteiger partial charge on any atom is 0.170 e. The Labute approximate surface area is 159 Å². The normalized spacial score (nSPS) is 17.8. The molecule has 0 amide bonds. The summed E-state index contributed by atoms with van der Waals surface area (Å²) in [4.78, 5) is 13.2. The van der Waals surface area contributed by atoms with Gasteiger partial charge in [-0.25, -0.2) is 0 Å². The third-order valence-corrected chi connectivity index (χ3v) is 5.87. The summed E-state index contributed by atoms with van der Waals surface area (Å²) >= 11 is 0. The van der Waals surface area contributed by atoms with Crippen LogP contribution in [0.25, 0.3) is 17.2 Å². The van der Waals surface area contributed by atoms with Crippen molar-refractivity contribution in [2.75, 3.05) is 0 Å². The Kier molecular flexibility index (Phi) is 3.68. The van der Waals surface area contributed by atoms with Crippen molar-refractivity contribution in [3.05, 3.63) is 113 Å². The predicted molar refractivity (Wildman–Crippen MR) is 111 cm³/mol. The van der Waals surface area contributed by atoms with E-state index in [0.717, 1.165) is 24.0 Å². The number of rotatable bonds is 3. The van der Waals surface area contributed by atoms with Crippen molar-refractivity contribution >= 4 is 23.0 Å². The number of hydrogen-bond donors (Lipinski definition) is 0. The summed E-state index contributed by atoms with van der Waals surface area (Å²) in [5, 5.41) is 0. The lowest BCUT2D eigenvalue weighted by molar-refractivity contribution is 0.0964. The number of Topliss-reactive ketones (excluding diaryl/α,β-unsaturated/α-hetero) is 1. The van der Waals surface area contributed by atoms with Crippen molar-refractivity contribution in [2.24, 2.45) is 5.92 Å². The zero-order chi connectivity index (χ0) is 18.4. The molecule has 5 rings (SSSR count). The van der Waals surface area contributed by atoms with Crippen molar-refractivity contribution in [1.82, 2.24) is 0 Å². The second kappa shape index (κ2) is 6.21. The maximum absolute atomic E-state index is 13.2. The summed E-state index contributed by atoms with van der Waals surface area (Å²) in [5.41, 5.74) is 9.45. The third-order valence-electron chi connectivity index (χ3n) is 5.87. The van der Waals surface area contributed by atoms with Crippen LogP contribution in [-0.4, -0.2) is 5.78 Å². The fourth-order valence-electron chi connectivity index (χ4n) is 4.53. The van der Waals surface area contributed by atoms with Crippen LogP contribution >= 0.6 is 0 Å². The van der Waals surface area contributed by atoms with Gasteiger partial charge in [0, 0.05) is 5.56 Å². The summed E-state index contributed by atoms with van der Waals surface area (Å²) < 4.78 is 0. The Morgan fingerprint density at radius 1 is 0.815 bits per heavy atom. The first-order valence-electron chi connectivity index (χ1n) is 9.42. The summed E-state index contributed by atoms with van der Waals surface area (Å²) in [7, 11) is 0. The van der Waals surface area contributed by atoms with Crippen molar-refractivity contribution in [3.63, 3.8) is 0 Å². The van der Waals surface area contributed by atoms with E-state index in [4.69, 9.17) is 0 Å². The van der Waals surface area contributed by atoms with Crippen molar-refractivity contribution in [1.29, 1.82) is 0 Å². The standard InChI is InChI=1S/C26H20O/c1-2-17-11-13-18(14-12-17)23-15-19-7-3-5-9-21(19)25(23)24-16-20-8-4-6-10-22(20)26(24)27/h2-14,24H,1,15-16H2. The molecule has 0 aromatic heterocycles.